The van der Waals surface area contributed by atoms with Crippen molar-refractivity contribution in [2.75, 3.05) is 19.5 Å². The maximum Gasteiger partial charge on any atom is 0.159 e. The highest BCUT2D eigenvalue weighted by atomic mass is 35.5. The Kier molecular flexibility index (Phi) is 6.43. The predicted octanol–water partition coefficient (Wildman–Crippen LogP) is 4.11. The van der Waals surface area contributed by atoms with Crippen LogP contribution in [0.4, 0.5) is 5.69 Å². The van der Waals surface area contributed by atoms with E-state index >= 15 is 0 Å². The van der Waals surface area contributed by atoms with Crippen LogP contribution in [0.25, 0.3) is 0 Å². The van der Waals surface area contributed by atoms with Gasteiger partial charge in [0, 0.05) is 16.8 Å². The topological polar surface area (TPSA) is 56.8 Å². The van der Waals surface area contributed by atoms with Gasteiger partial charge in [0.2, 0.25) is 0 Å². The Hall–Kier alpha value is -1.85. The maximum atomic E-state index is 5.90. The number of amidine groups is 1. The second-order valence-electron chi connectivity index (χ2n) is 4.30. The monoisotopic (exact) mass is 336 g/mol. The summed E-state index contributed by atoms with van der Waals surface area (Å²) in [4.78, 5) is 4.33. The molecule has 0 saturated carbocycles. The van der Waals surface area contributed by atoms with Gasteiger partial charge in [0.15, 0.2) is 5.17 Å². The van der Waals surface area contributed by atoms with Crippen molar-refractivity contribution in [1.82, 2.24) is 0 Å². The van der Waals surface area contributed by atoms with Crippen LogP contribution in [0, 0.1) is 0 Å². The Morgan fingerprint density at radius 3 is 2.68 bits per heavy atom. The molecule has 0 aliphatic rings. The van der Waals surface area contributed by atoms with Crippen molar-refractivity contribution in [3.05, 3.63) is 53.6 Å². The number of aliphatic imine (C=N–C) groups is 1. The Balaban J connectivity index is 1.78. The van der Waals surface area contributed by atoms with Crippen LogP contribution in [0.5, 0.6) is 11.5 Å². The van der Waals surface area contributed by atoms with Gasteiger partial charge in [-0.15, -0.1) is 0 Å². The zero-order valence-corrected chi connectivity index (χ0v) is 13.7. The number of rotatable bonds is 6. The summed E-state index contributed by atoms with van der Waals surface area (Å²) in [5, 5.41) is 1.18. The lowest BCUT2D eigenvalue weighted by atomic mass is 10.3. The predicted molar refractivity (Wildman–Crippen MR) is 93.7 cm³/mol. The molecule has 2 rings (SSSR count). The number of thioether (sulfide) groups is 1. The molecule has 0 unspecified atom stereocenters. The molecule has 0 atom stereocenters. The van der Waals surface area contributed by atoms with Crippen molar-refractivity contribution < 1.29 is 9.47 Å². The summed E-state index contributed by atoms with van der Waals surface area (Å²) in [6, 6.07) is 14.7. The molecule has 0 amide bonds. The largest absolute Gasteiger partial charge is 0.497 e. The summed E-state index contributed by atoms with van der Waals surface area (Å²) >= 11 is 7.26. The van der Waals surface area contributed by atoms with Crippen molar-refractivity contribution in [3.63, 3.8) is 0 Å². The van der Waals surface area contributed by atoms with E-state index in [0.717, 1.165) is 17.2 Å². The van der Waals surface area contributed by atoms with E-state index in [1.165, 1.54) is 11.8 Å². The lowest BCUT2D eigenvalue weighted by Crippen LogP contribution is -2.10. The number of hydrogen-bond acceptors (Lipinski definition) is 4. The molecule has 0 bridgehead atoms. The van der Waals surface area contributed by atoms with E-state index in [4.69, 9.17) is 26.8 Å². The Morgan fingerprint density at radius 1 is 1.18 bits per heavy atom. The summed E-state index contributed by atoms with van der Waals surface area (Å²) in [6.07, 6.45) is 0. The normalized spacial score (nSPS) is 11.3. The van der Waals surface area contributed by atoms with Crippen LogP contribution in [-0.4, -0.2) is 24.6 Å². The molecule has 4 nitrogen and oxygen atoms in total. The molecule has 22 heavy (non-hydrogen) atoms. The van der Waals surface area contributed by atoms with Crippen molar-refractivity contribution in [3.8, 4) is 11.5 Å². The molecule has 0 aromatic heterocycles. The van der Waals surface area contributed by atoms with Gasteiger partial charge in [0.1, 0.15) is 11.5 Å². The quantitative estimate of drug-likeness (QED) is 0.490. The van der Waals surface area contributed by atoms with E-state index < -0.39 is 0 Å². The highest BCUT2D eigenvalue weighted by Gasteiger charge is 1.99. The fraction of sp³-hybridized carbons (Fsp3) is 0.188. The number of methoxy groups -OCH3 is 1. The van der Waals surface area contributed by atoms with Gasteiger partial charge in [-0.1, -0.05) is 29.4 Å². The minimum Gasteiger partial charge on any atom is -0.497 e. The molecule has 0 radical (unpaired) electrons. The summed E-state index contributed by atoms with van der Waals surface area (Å²) < 4.78 is 10.7. The van der Waals surface area contributed by atoms with Gasteiger partial charge in [-0.3, -0.25) is 0 Å². The first kappa shape index (κ1) is 16.5. The van der Waals surface area contributed by atoms with Crippen LogP contribution in [0.3, 0.4) is 0 Å². The van der Waals surface area contributed by atoms with E-state index in [0.29, 0.717) is 22.6 Å². The van der Waals surface area contributed by atoms with Gasteiger partial charge in [-0.05, 0) is 36.4 Å². The van der Waals surface area contributed by atoms with Crippen molar-refractivity contribution in [2.24, 2.45) is 10.7 Å². The zero-order chi connectivity index (χ0) is 15.8. The van der Waals surface area contributed by atoms with E-state index in [2.05, 4.69) is 4.99 Å². The molecule has 0 aliphatic heterocycles. The third-order valence-electron chi connectivity index (χ3n) is 2.71. The first-order valence-electron chi connectivity index (χ1n) is 6.67. The van der Waals surface area contributed by atoms with Gasteiger partial charge in [0.25, 0.3) is 0 Å². The minimum absolute atomic E-state index is 0.493. The van der Waals surface area contributed by atoms with Gasteiger partial charge in [-0.25, -0.2) is 4.99 Å². The number of nitrogens with two attached hydrogens (primary N) is 1. The van der Waals surface area contributed by atoms with Gasteiger partial charge in [-0.2, -0.15) is 0 Å². The number of ether oxygens (including phenoxy) is 2. The van der Waals surface area contributed by atoms with Crippen LogP contribution in [0.2, 0.25) is 5.02 Å². The Morgan fingerprint density at radius 2 is 1.95 bits per heavy atom. The molecule has 0 fully saturated rings. The average molecular weight is 337 g/mol. The van der Waals surface area contributed by atoms with E-state index in [9.17, 15) is 0 Å². The van der Waals surface area contributed by atoms with Crippen molar-refractivity contribution >= 4 is 34.2 Å². The van der Waals surface area contributed by atoms with Crippen molar-refractivity contribution in [1.29, 1.82) is 0 Å². The highest BCUT2D eigenvalue weighted by molar-refractivity contribution is 8.13. The van der Waals surface area contributed by atoms with Crippen LogP contribution >= 0.6 is 23.4 Å². The summed E-state index contributed by atoms with van der Waals surface area (Å²) in [6.45, 7) is 0.542. The second kappa shape index (κ2) is 8.56. The molecular weight excluding hydrogens is 320 g/mol. The summed E-state index contributed by atoms with van der Waals surface area (Å²) in [5.41, 5.74) is 6.66. The maximum absolute atomic E-state index is 5.90. The molecule has 0 spiro atoms. The van der Waals surface area contributed by atoms with Crippen LogP contribution < -0.4 is 15.2 Å². The van der Waals surface area contributed by atoms with E-state index in [-0.39, 0.29) is 0 Å². The number of nitrogens with zero attached hydrogens (tertiary/aromatic N) is 1. The first-order chi connectivity index (χ1) is 10.7. The van der Waals surface area contributed by atoms with Gasteiger partial charge >= 0.3 is 0 Å². The molecule has 116 valence electrons. The molecule has 2 aromatic carbocycles. The smallest absolute Gasteiger partial charge is 0.159 e. The lowest BCUT2D eigenvalue weighted by molar-refractivity contribution is 0.344. The minimum atomic E-state index is 0.493. The van der Waals surface area contributed by atoms with E-state index in [1.807, 2.05) is 36.4 Å². The molecule has 6 heteroatoms. The van der Waals surface area contributed by atoms with Crippen LogP contribution in [0.15, 0.2) is 53.5 Å². The molecule has 0 heterocycles. The molecule has 0 aliphatic carbocycles. The number of halogens is 1. The Labute approximate surface area is 139 Å². The van der Waals surface area contributed by atoms with E-state index in [1.54, 1.807) is 19.2 Å². The highest BCUT2D eigenvalue weighted by Crippen LogP contribution is 2.20. The number of hydrogen-bond donors (Lipinski definition) is 1. The second-order valence-corrected chi connectivity index (χ2v) is 5.85. The molecule has 2 N–H and O–H groups in total. The Bertz CT molecular complexity index is 632. The molecular formula is C16H17ClN2O2S. The third kappa shape index (κ3) is 5.50. The summed E-state index contributed by atoms with van der Waals surface area (Å²) in [5.74, 6) is 2.25. The zero-order valence-electron chi connectivity index (χ0n) is 12.2. The van der Waals surface area contributed by atoms with Gasteiger partial charge in [0.05, 0.1) is 19.4 Å². The lowest BCUT2D eigenvalue weighted by Gasteiger charge is -2.06. The molecule has 2 aromatic rings. The molecule has 0 saturated heterocycles. The fourth-order valence-corrected chi connectivity index (χ4v) is 2.35. The number of benzene rings is 2. The SMILES string of the molecule is COc1cccc(N=C(N)SCCOc2ccc(Cl)cc2)c1. The van der Waals surface area contributed by atoms with Crippen LogP contribution in [-0.2, 0) is 0 Å². The van der Waals surface area contributed by atoms with Gasteiger partial charge < -0.3 is 15.2 Å². The average Bonchev–Trinajstić information content (AvgIpc) is 2.53. The third-order valence-corrected chi connectivity index (χ3v) is 3.72. The fourth-order valence-electron chi connectivity index (χ4n) is 1.68. The first-order valence-corrected chi connectivity index (χ1v) is 8.03. The standard InChI is InChI=1S/C16H17ClN2O2S/c1-20-15-4-2-3-13(11-15)19-16(18)22-10-9-21-14-7-5-12(17)6-8-14/h2-8,11H,9-10H2,1H3,(H2,18,19). The van der Waals surface area contributed by atoms with Crippen LogP contribution in [0.1, 0.15) is 0 Å². The van der Waals surface area contributed by atoms with Crippen molar-refractivity contribution in [2.45, 2.75) is 0 Å². The summed E-state index contributed by atoms with van der Waals surface area (Å²) in [7, 11) is 1.62.